The average Bonchev–Trinajstić information content (AvgIpc) is 3.14. The first-order valence-electron chi connectivity index (χ1n) is 10.5. The smallest absolute Gasteiger partial charge is 0.294 e. The number of hydroxylamine groups is 2. The normalized spacial score (nSPS) is 10.8. The lowest BCUT2D eigenvalue weighted by Gasteiger charge is -2.17. The molecule has 0 saturated heterocycles. The van der Waals surface area contributed by atoms with Crippen LogP contribution in [0.4, 0.5) is 0 Å². The maximum absolute atomic E-state index is 13.5. The molecule has 11 heteroatoms. The number of halogens is 1. The number of carbonyl (C=O) groups excluding carboxylic acids is 2. The molecule has 10 nitrogen and oxygen atoms in total. The van der Waals surface area contributed by atoms with E-state index in [9.17, 15) is 19.7 Å². The molecule has 34 heavy (non-hydrogen) atoms. The number of rotatable bonds is 13. The number of benzene rings is 2. The fourth-order valence-electron chi connectivity index (χ4n) is 3.69. The van der Waals surface area contributed by atoms with Crippen molar-refractivity contribution in [2.45, 2.75) is 19.8 Å². The minimum Gasteiger partial charge on any atom is -0.496 e. The van der Waals surface area contributed by atoms with E-state index in [2.05, 4.69) is 9.82 Å². The van der Waals surface area contributed by atoms with E-state index in [1.807, 2.05) is 13.0 Å². The molecule has 1 amide bonds. The van der Waals surface area contributed by atoms with Gasteiger partial charge in [-0.15, -0.1) is 10.1 Å². The molecule has 0 aliphatic carbocycles. The van der Waals surface area contributed by atoms with Crippen LogP contribution in [0, 0.1) is 17.0 Å². The van der Waals surface area contributed by atoms with E-state index >= 15 is 0 Å². The summed E-state index contributed by atoms with van der Waals surface area (Å²) >= 11 is 5.97. The second-order valence-corrected chi connectivity index (χ2v) is 7.81. The molecule has 1 heterocycles. The minimum atomic E-state index is -0.886. The number of methoxy groups -OCH3 is 1. The van der Waals surface area contributed by atoms with E-state index in [1.54, 1.807) is 30.3 Å². The summed E-state index contributed by atoms with van der Waals surface area (Å²) in [5.41, 5.74) is 3.38. The molecular formula is C23H24ClN3O7. The molecule has 0 bridgehead atoms. The van der Waals surface area contributed by atoms with E-state index < -0.39 is 5.09 Å². The molecule has 3 rings (SSSR count). The zero-order chi connectivity index (χ0) is 24.7. The molecule has 0 aliphatic heterocycles. The van der Waals surface area contributed by atoms with Gasteiger partial charge in [0.2, 0.25) is 6.41 Å². The van der Waals surface area contributed by atoms with Crippen molar-refractivity contribution >= 4 is 34.7 Å². The van der Waals surface area contributed by atoms with Crippen molar-refractivity contribution in [3.05, 3.63) is 73.9 Å². The van der Waals surface area contributed by atoms with Crippen molar-refractivity contribution in [3.63, 3.8) is 0 Å². The fourth-order valence-corrected chi connectivity index (χ4v) is 3.82. The predicted octanol–water partition coefficient (Wildman–Crippen LogP) is 3.90. The number of carbonyl (C=O) groups is 2. The van der Waals surface area contributed by atoms with Gasteiger partial charge in [-0.3, -0.25) is 14.4 Å². The van der Waals surface area contributed by atoms with Gasteiger partial charge in [0, 0.05) is 33.6 Å². The number of ketones is 1. The maximum atomic E-state index is 13.5. The predicted molar refractivity (Wildman–Crippen MR) is 124 cm³/mol. The van der Waals surface area contributed by atoms with Crippen LogP contribution in [-0.4, -0.2) is 54.2 Å². The summed E-state index contributed by atoms with van der Waals surface area (Å²) < 4.78 is 5.51. The van der Waals surface area contributed by atoms with Gasteiger partial charge in [-0.25, -0.2) is 5.06 Å². The molecule has 0 fully saturated rings. The van der Waals surface area contributed by atoms with Crippen LogP contribution in [0.2, 0.25) is 5.02 Å². The van der Waals surface area contributed by atoms with E-state index in [4.69, 9.17) is 21.2 Å². The van der Waals surface area contributed by atoms with E-state index in [1.165, 1.54) is 7.11 Å². The first kappa shape index (κ1) is 25.0. The molecule has 1 aromatic heterocycles. The van der Waals surface area contributed by atoms with Crippen molar-refractivity contribution in [3.8, 4) is 5.75 Å². The van der Waals surface area contributed by atoms with Gasteiger partial charge in [0.25, 0.3) is 5.09 Å². The van der Waals surface area contributed by atoms with Crippen molar-refractivity contribution in [1.82, 2.24) is 10.0 Å². The Morgan fingerprint density at radius 3 is 2.59 bits per heavy atom. The number of aromatic nitrogens is 1. The fraction of sp³-hybridized carbons (Fsp3) is 0.304. The van der Waals surface area contributed by atoms with Crippen LogP contribution in [0.1, 0.15) is 33.6 Å². The van der Waals surface area contributed by atoms with Gasteiger partial charge < -0.3 is 14.6 Å². The summed E-state index contributed by atoms with van der Waals surface area (Å²) in [4.78, 5) is 48.0. The molecule has 0 unspecified atom stereocenters. The van der Waals surface area contributed by atoms with Crippen LogP contribution < -0.4 is 4.74 Å². The standard InChI is InChI=1S/C23H24ClN3O7/c1-15-18(10-13-33-26(14-28)11-3-12-34-27(30)31)21-19(25-15)8-9-20(32-2)22(21)23(29)16-4-6-17(24)7-5-16/h4-9,14,25H,3,10-13H2,1-2H3. The van der Waals surface area contributed by atoms with Gasteiger partial charge >= 0.3 is 0 Å². The number of aryl methyl sites for hydroxylation is 1. The van der Waals surface area contributed by atoms with Gasteiger partial charge in [0.1, 0.15) is 5.75 Å². The highest BCUT2D eigenvalue weighted by atomic mass is 35.5. The number of aromatic amines is 1. The van der Waals surface area contributed by atoms with Crippen LogP contribution in [0.15, 0.2) is 36.4 Å². The summed E-state index contributed by atoms with van der Waals surface area (Å²) in [6, 6.07) is 10.2. The minimum absolute atomic E-state index is 0.137. The van der Waals surface area contributed by atoms with Crippen LogP contribution in [0.5, 0.6) is 5.75 Å². The molecular weight excluding hydrogens is 466 g/mol. The number of nitrogens with one attached hydrogen (secondary N) is 1. The molecule has 0 atom stereocenters. The Hall–Kier alpha value is -3.63. The van der Waals surface area contributed by atoms with Crippen LogP contribution in [0.25, 0.3) is 10.9 Å². The van der Waals surface area contributed by atoms with Gasteiger partial charge in [-0.2, -0.15) is 0 Å². The SMILES string of the molecule is COc1ccc2[nH]c(C)c(CCON(C=O)CCCO[N+](=O)[O-])c2c1C(=O)c1ccc(Cl)cc1. The highest BCUT2D eigenvalue weighted by Gasteiger charge is 2.23. The van der Waals surface area contributed by atoms with Gasteiger partial charge in [0.15, 0.2) is 5.78 Å². The van der Waals surface area contributed by atoms with Gasteiger partial charge in [-0.05, 0) is 55.3 Å². The Balaban J connectivity index is 1.83. The van der Waals surface area contributed by atoms with Crippen LogP contribution in [-0.2, 0) is 20.9 Å². The summed E-state index contributed by atoms with van der Waals surface area (Å²) in [5, 5.41) is 11.6. The summed E-state index contributed by atoms with van der Waals surface area (Å²) in [5.74, 6) is 0.231. The summed E-state index contributed by atoms with van der Waals surface area (Å²) in [6.07, 6.45) is 1.14. The number of amides is 1. The molecule has 1 N–H and O–H groups in total. The molecule has 0 aliphatic rings. The second kappa shape index (κ2) is 11.5. The molecule has 180 valence electrons. The van der Waals surface area contributed by atoms with Crippen LogP contribution in [0.3, 0.4) is 0 Å². The van der Waals surface area contributed by atoms with Gasteiger partial charge in [-0.1, -0.05) is 11.6 Å². The Kier molecular flexibility index (Phi) is 8.44. The first-order valence-corrected chi connectivity index (χ1v) is 10.8. The largest absolute Gasteiger partial charge is 0.496 e. The summed E-state index contributed by atoms with van der Waals surface area (Å²) in [6.45, 7) is 2.04. The molecule has 3 aromatic rings. The highest BCUT2D eigenvalue weighted by Crippen LogP contribution is 2.34. The third-order valence-electron chi connectivity index (χ3n) is 5.24. The third kappa shape index (κ3) is 5.83. The number of H-pyrrole nitrogens is 1. The van der Waals surface area contributed by atoms with Gasteiger partial charge in [0.05, 0.1) is 32.4 Å². The number of hydrogen-bond donors (Lipinski definition) is 1. The Bertz CT molecular complexity index is 1180. The number of ether oxygens (including phenoxy) is 1. The van der Waals surface area contributed by atoms with Crippen molar-refractivity contribution in [2.75, 3.05) is 26.9 Å². The molecule has 0 spiro atoms. The van der Waals surface area contributed by atoms with Crippen molar-refractivity contribution in [1.29, 1.82) is 0 Å². The lowest BCUT2D eigenvalue weighted by Crippen LogP contribution is -2.26. The lowest BCUT2D eigenvalue weighted by atomic mass is 9.95. The number of fused-ring (bicyclic) bond motifs is 1. The quantitative estimate of drug-likeness (QED) is 0.127. The van der Waals surface area contributed by atoms with E-state index in [0.717, 1.165) is 27.2 Å². The van der Waals surface area contributed by atoms with E-state index in [-0.39, 0.29) is 32.0 Å². The van der Waals surface area contributed by atoms with Crippen LogP contribution >= 0.6 is 11.6 Å². The zero-order valence-electron chi connectivity index (χ0n) is 18.7. The third-order valence-corrected chi connectivity index (χ3v) is 5.50. The highest BCUT2D eigenvalue weighted by molar-refractivity contribution is 6.30. The Labute approximate surface area is 200 Å². The average molecular weight is 490 g/mol. The molecule has 0 radical (unpaired) electrons. The summed E-state index contributed by atoms with van der Waals surface area (Å²) in [7, 11) is 1.51. The zero-order valence-corrected chi connectivity index (χ0v) is 19.5. The Morgan fingerprint density at radius 2 is 1.94 bits per heavy atom. The Morgan fingerprint density at radius 1 is 1.21 bits per heavy atom. The molecule has 2 aromatic carbocycles. The first-order chi connectivity index (χ1) is 16.3. The monoisotopic (exact) mass is 489 g/mol. The number of nitrogens with zero attached hydrogens (tertiary/aromatic N) is 2. The van der Waals surface area contributed by atoms with E-state index in [0.29, 0.717) is 34.7 Å². The van der Waals surface area contributed by atoms with Crippen molar-refractivity contribution < 1.29 is 29.1 Å². The molecule has 0 saturated carbocycles. The number of hydrogen-bond acceptors (Lipinski definition) is 7. The maximum Gasteiger partial charge on any atom is 0.294 e. The second-order valence-electron chi connectivity index (χ2n) is 7.37. The van der Waals surface area contributed by atoms with Crippen molar-refractivity contribution in [2.24, 2.45) is 0 Å². The topological polar surface area (TPSA) is 124 Å². The lowest BCUT2D eigenvalue weighted by molar-refractivity contribution is -0.757.